The Hall–Kier alpha value is -2.38. The molecule has 5 unspecified atom stereocenters. The summed E-state index contributed by atoms with van der Waals surface area (Å²) in [6.45, 7) is 3.90. The van der Waals surface area contributed by atoms with E-state index in [1.807, 2.05) is 6.26 Å². The highest BCUT2D eigenvalue weighted by molar-refractivity contribution is 7.98. The summed E-state index contributed by atoms with van der Waals surface area (Å²) in [5.41, 5.74) is 11.1. The van der Waals surface area contributed by atoms with Crippen LogP contribution in [0.4, 0.5) is 0 Å². The van der Waals surface area contributed by atoms with Crippen molar-refractivity contribution in [1.82, 2.24) is 16.0 Å². The van der Waals surface area contributed by atoms with Crippen LogP contribution < -0.4 is 27.4 Å². The number of thioether (sulfide) groups is 1. The summed E-state index contributed by atoms with van der Waals surface area (Å²) in [7, 11) is 0. The Morgan fingerprint density at radius 3 is 1.97 bits per heavy atom. The van der Waals surface area contributed by atoms with Crippen molar-refractivity contribution in [3.63, 3.8) is 0 Å². The fraction of sp³-hybridized carbons (Fsp3) is 0.762. The molecule has 0 aliphatic carbocycles. The number of unbranched alkanes of at least 4 members (excludes halogenated alkanes) is 1. The number of hydrogen-bond acceptors (Lipinski definition) is 8. The smallest absolute Gasteiger partial charge is 0.326 e. The molecule has 0 aliphatic rings. The van der Waals surface area contributed by atoms with Crippen LogP contribution in [0, 0.1) is 5.92 Å². The Labute approximate surface area is 204 Å². The second kappa shape index (κ2) is 17.1. The van der Waals surface area contributed by atoms with Crippen molar-refractivity contribution in [3.8, 4) is 0 Å². The summed E-state index contributed by atoms with van der Waals surface area (Å²) < 4.78 is 0. The van der Waals surface area contributed by atoms with Crippen LogP contribution in [0.25, 0.3) is 0 Å². The van der Waals surface area contributed by atoms with E-state index < -0.39 is 60.2 Å². The number of hydrogen-bond donors (Lipinski definition) is 7. The van der Waals surface area contributed by atoms with Crippen molar-refractivity contribution in [2.45, 2.75) is 76.5 Å². The van der Waals surface area contributed by atoms with E-state index in [4.69, 9.17) is 16.6 Å². The molecule has 0 aromatic heterocycles. The summed E-state index contributed by atoms with van der Waals surface area (Å²) in [5, 5.41) is 25.9. The predicted octanol–water partition coefficient (Wildman–Crippen LogP) is -0.744. The molecule has 196 valence electrons. The molecule has 0 bridgehead atoms. The Bertz CT molecular complexity index is 694. The molecular formula is C21H39N5O7S. The van der Waals surface area contributed by atoms with Gasteiger partial charge in [-0.15, -0.1) is 0 Å². The van der Waals surface area contributed by atoms with Crippen molar-refractivity contribution in [2.75, 3.05) is 18.6 Å². The lowest BCUT2D eigenvalue weighted by atomic mass is 9.98. The third-order valence-electron chi connectivity index (χ3n) is 5.33. The maximum atomic E-state index is 13.0. The average molecular weight is 506 g/mol. The molecule has 34 heavy (non-hydrogen) atoms. The largest absolute Gasteiger partial charge is 0.481 e. The van der Waals surface area contributed by atoms with Gasteiger partial charge >= 0.3 is 11.9 Å². The van der Waals surface area contributed by atoms with E-state index >= 15 is 0 Å². The summed E-state index contributed by atoms with van der Waals surface area (Å²) in [6, 6.07) is -4.54. The summed E-state index contributed by atoms with van der Waals surface area (Å²) in [6.07, 6.45) is 3.31. The Balaban J connectivity index is 5.52. The lowest BCUT2D eigenvalue weighted by Gasteiger charge is -2.26. The van der Waals surface area contributed by atoms with Gasteiger partial charge in [0.2, 0.25) is 17.7 Å². The van der Waals surface area contributed by atoms with E-state index in [1.165, 1.54) is 11.8 Å². The van der Waals surface area contributed by atoms with Crippen LogP contribution in [0.5, 0.6) is 0 Å². The molecule has 0 aliphatic heterocycles. The highest BCUT2D eigenvalue weighted by Gasteiger charge is 2.31. The first-order chi connectivity index (χ1) is 16.0. The molecule has 3 amide bonds. The molecule has 9 N–H and O–H groups in total. The number of carboxylic acid groups (broad SMARTS) is 2. The van der Waals surface area contributed by atoms with Crippen LogP contribution in [0.1, 0.15) is 52.4 Å². The number of amides is 3. The van der Waals surface area contributed by atoms with Gasteiger partial charge in [-0.3, -0.25) is 19.2 Å². The van der Waals surface area contributed by atoms with Gasteiger partial charge in [0, 0.05) is 0 Å². The third kappa shape index (κ3) is 12.2. The van der Waals surface area contributed by atoms with Crippen LogP contribution in [0.3, 0.4) is 0 Å². The fourth-order valence-electron chi connectivity index (χ4n) is 3.03. The molecule has 0 aromatic carbocycles. The van der Waals surface area contributed by atoms with Gasteiger partial charge in [-0.05, 0) is 50.2 Å². The second-order valence-corrected chi connectivity index (χ2v) is 9.09. The van der Waals surface area contributed by atoms with Gasteiger partial charge in [0.15, 0.2) is 0 Å². The van der Waals surface area contributed by atoms with Crippen molar-refractivity contribution < 1.29 is 34.2 Å². The first-order valence-corrected chi connectivity index (χ1v) is 12.7. The minimum Gasteiger partial charge on any atom is -0.481 e. The third-order valence-corrected chi connectivity index (χ3v) is 5.98. The number of carbonyl (C=O) groups is 5. The number of carbonyl (C=O) groups excluding carboxylic acids is 3. The minimum absolute atomic E-state index is 0.223. The Kier molecular flexibility index (Phi) is 15.9. The SMILES string of the molecule is CCC(C)C(NC(=O)C(CCCCN)NC(=O)C(CCSC)NC(=O)C(N)CC(=O)O)C(=O)O. The number of aliphatic carboxylic acids is 2. The standard InChI is InChI=1S/C21H39N5O7S/c1-4-12(2)17(21(32)33)26-20(31)14(7-5-6-9-22)25-19(30)15(8-10-34-3)24-18(29)13(23)11-16(27)28/h12-15,17H,4-11,22-23H2,1-3H3,(H,24,29)(H,25,30)(H,26,31)(H,27,28)(H,32,33). The van der Waals surface area contributed by atoms with Crippen molar-refractivity contribution in [2.24, 2.45) is 17.4 Å². The second-order valence-electron chi connectivity index (χ2n) is 8.10. The van der Waals surface area contributed by atoms with Gasteiger partial charge < -0.3 is 37.6 Å². The molecule has 5 atom stereocenters. The zero-order valence-electron chi connectivity index (χ0n) is 20.0. The molecule has 0 aromatic rings. The lowest BCUT2D eigenvalue weighted by Crippen LogP contribution is -2.57. The highest BCUT2D eigenvalue weighted by Crippen LogP contribution is 2.10. The maximum absolute atomic E-state index is 13.0. The molecule has 12 nitrogen and oxygen atoms in total. The average Bonchev–Trinajstić information content (AvgIpc) is 2.77. The summed E-state index contributed by atoms with van der Waals surface area (Å²) in [4.78, 5) is 60.6. The molecule has 0 saturated carbocycles. The monoisotopic (exact) mass is 505 g/mol. The van der Waals surface area contributed by atoms with E-state index in [0.717, 1.165) is 0 Å². The van der Waals surface area contributed by atoms with Crippen LogP contribution >= 0.6 is 11.8 Å². The van der Waals surface area contributed by atoms with E-state index in [1.54, 1.807) is 13.8 Å². The fourth-order valence-corrected chi connectivity index (χ4v) is 3.51. The van der Waals surface area contributed by atoms with Crippen LogP contribution in [0.15, 0.2) is 0 Å². The Morgan fingerprint density at radius 2 is 1.47 bits per heavy atom. The number of nitrogens with two attached hydrogens (primary N) is 2. The van der Waals surface area contributed by atoms with Crippen LogP contribution in [-0.4, -0.2) is 82.6 Å². The van der Waals surface area contributed by atoms with Gasteiger partial charge in [-0.25, -0.2) is 4.79 Å². The normalized spacial score (nSPS) is 15.3. The van der Waals surface area contributed by atoms with E-state index in [0.29, 0.717) is 31.6 Å². The quantitative estimate of drug-likeness (QED) is 0.116. The highest BCUT2D eigenvalue weighted by atomic mass is 32.2. The van der Waals surface area contributed by atoms with E-state index in [2.05, 4.69) is 16.0 Å². The molecule has 13 heteroatoms. The van der Waals surface area contributed by atoms with Crippen molar-refractivity contribution >= 4 is 41.4 Å². The molecule has 0 saturated heterocycles. The number of nitrogens with one attached hydrogen (secondary N) is 3. The molecule has 0 spiro atoms. The van der Waals surface area contributed by atoms with Crippen molar-refractivity contribution in [3.05, 3.63) is 0 Å². The molecule has 0 radical (unpaired) electrons. The first kappa shape index (κ1) is 31.6. The lowest BCUT2D eigenvalue weighted by molar-refractivity contribution is -0.144. The first-order valence-electron chi connectivity index (χ1n) is 11.3. The predicted molar refractivity (Wildman–Crippen MR) is 129 cm³/mol. The van der Waals surface area contributed by atoms with Gasteiger partial charge in [-0.1, -0.05) is 20.3 Å². The summed E-state index contributed by atoms with van der Waals surface area (Å²) in [5.74, 6) is -4.33. The summed E-state index contributed by atoms with van der Waals surface area (Å²) >= 11 is 1.44. The van der Waals surface area contributed by atoms with Gasteiger partial charge in [0.25, 0.3) is 0 Å². The van der Waals surface area contributed by atoms with E-state index in [-0.39, 0.29) is 18.8 Å². The zero-order chi connectivity index (χ0) is 26.3. The van der Waals surface area contributed by atoms with Crippen molar-refractivity contribution in [1.29, 1.82) is 0 Å². The minimum atomic E-state index is -1.34. The van der Waals surface area contributed by atoms with Gasteiger partial charge in [0.05, 0.1) is 12.5 Å². The van der Waals surface area contributed by atoms with Crippen LogP contribution in [0.2, 0.25) is 0 Å². The van der Waals surface area contributed by atoms with E-state index in [9.17, 15) is 29.1 Å². The molecule has 0 heterocycles. The number of carboxylic acids is 2. The zero-order valence-corrected chi connectivity index (χ0v) is 20.9. The molecular weight excluding hydrogens is 466 g/mol. The topological polar surface area (TPSA) is 214 Å². The van der Waals surface area contributed by atoms with Crippen LogP contribution in [-0.2, 0) is 24.0 Å². The maximum Gasteiger partial charge on any atom is 0.326 e. The van der Waals surface area contributed by atoms with Gasteiger partial charge in [-0.2, -0.15) is 11.8 Å². The molecule has 0 fully saturated rings. The molecule has 0 rings (SSSR count). The van der Waals surface area contributed by atoms with Gasteiger partial charge in [0.1, 0.15) is 18.1 Å². The Morgan fingerprint density at radius 1 is 0.912 bits per heavy atom. The number of rotatable bonds is 18.